The first kappa shape index (κ1) is 14.7. The van der Waals surface area contributed by atoms with Crippen LogP contribution >= 0.6 is 0 Å². The van der Waals surface area contributed by atoms with Gasteiger partial charge in [0.25, 0.3) is 5.91 Å². The van der Waals surface area contributed by atoms with Gasteiger partial charge in [0.2, 0.25) is 0 Å². The minimum absolute atomic E-state index is 0.0182. The summed E-state index contributed by atoms with van der Waals surface area (Å²) in [4.78, 5) is 17.5. The summed E-state index contributed by atoms with van der Waals surface area (Å²) >= 11 is 0. The van der Waals surface area contributed by atoms with Gasteiger partial charge in [0, 0.05) is 12.6 Å². The molecule has 0 aliphatic heterocycles. The quantitative estimate of drug-likeness (QED) is 0.806. The first-order valence-electron chi connectivity index (χ1n) is 6.20. The summed E-state index contributed by atoms with van der Waals surface area (Å²) in [5, 5.41) is 6.33. The number of carbonyl (C=O) groups excluding carboxylic acids is 1. The van der Waals surface area contributed by atoms with Crippen molar-refractivity contribution in [1.82, 2.24) is 20.1 Å². The Morgan fingerprint density at radius 1 is 1.52 bits per heavy atom. The van der Waals surface area contributed by atoms with Crippen molar-refractivity contribution in [2.75, 3.05) is 13.6 Å². The Balaban J connectivity index is 2.15. The Bertz CT molecular complexity index is 687. The maximum absolute atomic E-state index is 14.0. The normalized spacial score (nSPS) is 9.86. The van der Waals surface area contributed by atoms with Crippen LogP contribution in [-0.4, -0.2) is 39.6 Å². The third kappa shape index (κ3) is 3.64. The standard InChI is InChI=1S/C14H14FN5O/c1-20(8-13-17-9-18-19-13)14(21)11-5-4-10(3-2-6-16)7-12(11)15/h4-5,7,9H,6,8,16H2,1H3,(H,17,18,19). The number of aromatic nitrogens is 3. The lowest BCUT2D eigenvalue weighted by Gasteiger charge is -2.16. The Kier molecular flexibility index (Phi) is 4.64. The van der Waals surface area contributed by atoms with Crippen LogP contribution in [0.1, 0.15) is 21.7 Å². The summed E-state index contributed by atoms with van der Waals surface area (Å²) in [6.07, 6.45) is 1.35. The number of aromatic amines is 1. The largest absolute Gasteiger partial charge is 0.334 e. The van der Waals surface area contributed by atoms with E-state index < -0.39 is 11.7 Å². The van der Waals surface area contributed by atoms with Gasteiger partial charge in [-0.2, -0.15) is 5.10 Å². The SMILES string of the molecule is CN(Cc1ncn[nH]1)C(=O)c1ccc(C#CCN)cc1F. The first-order valence-corrected chi connectivity index (χ1v) is 6.20. The molecule has 1 aromatic heterocycles. The topological polar surface area (TPSA) is 87.9 Å². The van der Waals surface area contributed by atoms with E-state index in [9.17, 15) is 9.18 Å². The highest BCUT2D eigenvalue weighted by atomic mass is 19.1. The Labute approximate surface area is 121 Å². The van der Waals surface area contributed by atoms with E-state index in [1.807, 2.05) is 0 Å². The van der Waals surface area contributed by atoms with Crippen molar-refractivity contribution >= 4 is 5.91 Å². The number of hydrogen-bond acceptors (Lipinski definition) is 4. The fourth-order valence-corrected chi connectivity index (χ4v) is 1.73. The number of nitrogens with zero attached hydrogens (tertiary/aromatic N) is 3. The number of rotatable bonds is 3. The molecule has 2 rings (SSSR count). The van der Waals surface area contributed by atoms with E-state index in [-0.39, 0.29) is 18.7 Å². The zero-order valence-electron chi connectivity index (χ0n) is 11.4. The molecule has 21 heavy (non-hydrogen) atoms. The van der Waals surface area contributed by atoms with Crippen molar-refractivity contribution in [2.24, 2.45) is 5.73 Å². The van der Waals surface area contributed by atoms with Crippen LogP contribution < -0.4 is 5.73 Å². The summed E-state index contributed by atoms with van der Waals surface area (Å²) < 4.78 is 14.0. The van der Waals surface area contributed by atoms with Crippen LogP contribution in [-0.2, 0) is 6.54 Å². The summed E-state index contributed by atoms with van der Waals surface area (Å²) in [5.74, 6) is 4.81. The molecule has 0 radical (unpaired) electrons. The average molecular weight is 287 g/mol. The van der Waals surface area contributed by atoms with Gasteiger partial charge >= 0.3 is 0 Å². The number of H-pyrrole nitrogens is 1. The molecule has 0 saturated carbocycles. The lowest BCUT2D eigenvalue weighted by atomic mass is 10.1. The number of carbonyl (C=O) groups is 1. The van der Waals surface area contributed by atoms with Crippen LogP contribution in [0.2, 0.25) is 0 Å². The number of nitrogens with two attached hydrogens (primary N) is 1. The van der Waals surface area contributed by atoms with Crippen molar-refractivity contribution in [1.29, 1.82) is 0 Å². The highest BCUT2D eigenvalue weighted by molar-refractivity contribution is 5.94. The lowest BCUT2D eigenvalue weighted by molar-refractivity contribution is 0.0777. The second kappa shape index (κ2) is 6.63. The maximum Gasteiger partial charge on any atom is 0.256 e. The number of benzene rings is 1. The van der Waals surface area contributed by atoms with E-state index in [2.05, 4.69) is 27.0 Å². The molecule has 108 valence electrons. The molecule has 0 unspecified atom stereocenters. The molecule has 0 fully saturated rings. The van der Waals surface area contributed by atoms with Gasteiger partial charge in [-0.3, -0.25) is 9.89 Å². The van der Waals surface area contributed by atoms with Gasteiger partial charge in [-0.25, -0.2) is 9.37 Å². The van der Waals surface area contributed by atoms with Crippen molar-refractivity contribution < 1.29 is 9.18 Å². The third-order valence-corrected chi connectivity index (χ3v) is 2.73. The van der Waals surface area contributed by atoms with Crippen LogP contribution in [0.5, 0.6) is 0 Å². The Morgan fingerprint density at radius 2 is 2.33 bits per heavy atom. The predicted octanol–water partition coefficient (Wildman–Crippen LogP) is 0.526. The predicted molar refractivity (Wildman–Crippen MR) is 74.5 cm³/mol. The van der Waals surface area contributed by atoms with Gasteiger partial charge in [0.05, 0.1) is 18.7 Å². The summed E-state index contributed by atoms with van der Waals surface area (Å²) in [5.41, 5.74) is 5.72. The van der Waals surface area contributed by atoms with Crippen LogP contribution in [0.15, 0.2) is 24.5 Å². The number of nitrogens with one attached hydrogen (secondary N) is 1. The lowest BCUT2D eigenvalue weighted by Crippen LogP contribution is -2.27. The molecule has 0 bridgehead atoms. The zero-order chi connectivity index (χ0) is 15.2. The smallest absolute Gasteiger partial charge is 0.256 e. The molecular formula is C14H14FN5O. The van der Waals surface area contributed by atoms with Gasteiger partial charge in [-0.15, -0.1) is 0 Å². The molecule has 6 nitrogen and oxygen atoms in total. The van der Waals surface area contributed by atoms with Gasteiger partial charge < -0.3 is 10.6 Å². The molecule has 0 saturated heterocycles. The molecule has 7 heteroatoms. The third-order valence-electron chi connectivity index (χ3n) is 2.73. The average Bonchev–Trinajstić information content (AvgIpc) is 2.97. The maximum atomic E-state index is 14.0. The van der Waals surface area contributed by atoms with Crippen LogP contribution in [0.25, 0.3) is 0 Å². The van der Waals surface area contributed by atoms with Crippen molar-refractivity contribution in [3.8, 4) is 11.8 Å². The molecule has 0 atom stereocenters. The molecule has 2 aromatic rings. The first-order chi connectivity index (χ1) is 10.1. The highest BCUT2D eigenvalue weighted by Gasteiger charge is 2.17. The zero-order valence-corrected chi connectivity index (χ0v) is 11.4. The molecular weight excluding hydrogens is 273 g/mol. The number of halogens is 1. The van der Waals surface area contributed by atoms with Crippen molar-refractivity contribution in [3.63, 3.8) is 0 Å². The van der Waals surface area contributed by atoms with E-state index in [1.54, 1.807) is 13.1 Å². The minimum Gasteiger partial charge on any atom is -0.334 e. The van der Waals surface area contributed by atoms with Crippen LogP contribution in [0, 0.1) is 17.7 Å². The van der Waals surface area contributed by atoms with Gasteiger partial charge in [0.15, 0.2) is 0 Å². The molecule has 0 aliphatic rings. The van der Waals surface area contributed by atoms with Crippen LogP contribution in [0.3, 0.4) is 0 Å². The van der Waals surface area contributed by atoms with E-state index in [4.69, 9.17) is 5.73 Å². The second-order valence-corrected chi connectivity index (χ2v) is 4.29. The fraction of sp³-hybridized carbons (Fsp3) is 0.214. The number of amides is 1. The molecule has 1 amide bonds. The van der Waals surface area contributed by atoms with Crippen molar-refractivity contribution in [2.45, 2.75) is 6.54 Å². The van der Waals surface area contributed by atoms with Gasteiger partial charge in [-0.05, 0) is 18.2 Å². The van der Waals surface area contributed by atoms with Crippen LogP contribution in [0.4, 0.5) is 4.39 Å². The number of hydrogen-bond donors (Lipinski definition) is 2. The molecule has 1 heterocycles. The van der Waals surface area contributed by atoms with E-state index >= 15 is 0 Å². The van der Waals surface area contributed by atoms with E-state index in [1.165, 1.54) is 23.4 Å². The van der Waals surface area contributed by atoms with Gasteiger partial charge in [0.1, 0.15) is 18.0 Å². The second-order valence-electron chi connectivity index (χ2n) is 4.29. The molecule has 0 aliphatic carbocycles. The Morgan fingerprint density at radius 3 is 2.95 bits per heavy atom. The molecule has 3 N–H and O–H groups in total. The van der Waals surface area contributed by atoms with Crippen molar-refractivity contribution in [3.05, 3.63) is 47.3 Å². The van der Waals surface area contributed by atoms with E-state index in [0.717, 1.165) is 0 Å². The molecule has 1 aromatic carbocycles. The fourth-order valence-electron chi connectivity index (χ4n) is 1.73. The van der Waals surface area contributed by atoms with E-state index in [0.29, 0.717) is 11.4 Å². The Hall–Kier alpha value is -2.72. The monoisotopic (exact) mass is 287 g/mol. The highest BCUT2D eigenvalue weighted by Crippen LogP contribution is 2.13. The molecule has 0 spiro atoms. The van der Waals surface area contributed by atoms with Gasteiger partial charge in [-0.1, -0.05) is 11.8 Å². The summed E-state index contributed by atoms with van der Waals surface area (Å²) in [6, 6.07) is 4.22. The summed E-state index contributed by atoms with van der Waals surface area (Å²) in [6.45, 7) is 0.412. The minimum atomic E-state index is -0.617. The summed E-state index contributed by atoms with van der Waals surface area (Å²) in [7, 11) is 1.56.